The third-order valence-corrected chi connectivity index (χ3v) is 5.04. The van der Waals surface area contributed by atoms with Crippen LogP contribution in [0.4, 0.5) is 0 Å². The number of para-hydroxylation sites is 1. The molecule has 1 aromatic heterocycles. The van der Waals surface area contributed by atoms with Crippen molar-refractivity contribution in [1.82, 2.24) is 9.97 Å². The quantitative estimate of drug-likeness (QED) is 0.795. The van der Waals surface area contributed by atoms with Gasteiger partial charge in [-0.2, -0.15) is 0 Å². The molecule has 0 radical (unpaired) electrons. The molecule has 1 aliphatic rings. The van der Waals surface area contributed by atoms with Crippen LogP contribution in [-0.2, 0) is 9.53 Å². The predicted octanol–water partition coefficient (Wildman–Crippen LogP) is 4.28. The number of aromatic nitrogens is 2. The van der Waals surface area contributed by atoms with Gasteiger partial charge in [-0.3, -0.25) is 9.59 Å². The fourth-order valence-electron chi connectivity index (χ4n) is 3.62. The molecular formula is C20H26N2O3. The maximum atomic E-state index is 12.1. The number of H-pyrrole nitrogens is 1. The van der Waals surface area contributed by atoms with E-state index >= 15 is 0 Å². The van der Waals surface area contributed by atoms with Crippen molar-refractivity contribution in [3.63, 3.8) is 0 Å². The molecular weight excluding hydrogens is 316 g/mol. The van der Waals surface area contributed by atoms with Gasteiger partial charge < -0.3 is 9.72 Å². The van der Waals surface area contributed by atoms with Crippen molar-refractivity contribution < 1.29 is 9.53 Å². The van der Waals surface area contributed by atoms with Crippen LogP contribution in [-0.4, -0.2) is 15.9 Å². The Bertz CT molecular complexity index is 778. The molecule has 2 aromatic rings. The molecule has 0 bridgehead atoms. The molecule has 0 aliphatic heterocycles. The van der Waals surface area contributed by atoms with E-state index in [9.17, 15) is 9.59 Å². The molecule has 1 aromatic carbocycles. The molecule has 0 amide bonds. The van der Waals surface area contributed by atoms with Crippen molar-refractivity contribution in [3.05, 3.63) is 40.4 Å². The van der Waals surface area contributed by atoms with Crippen LogP contribution < -0.4 is 5.56 Å². The first-order chi connectivity index (χ1) is 12.1. The molecule has 1 heterocycles. The molecule has 5 heteroatoms. The molecule has 0 saturated heterocycles. The summed E-state index contributed by atoms with van der Waals surface area (Å²) in [5.41, 5.74) is 0.405. The van der Waals surface area contributed by atoms with Gasteiger partial charge in [0.2, 0.25) is 0 Å². The van der Waals surface area contributed by atoms with Gasteiger partial charge in [0.1, 0.15) is 0 Å². The first-order valence-corrected chi connectivity index (χ1v) is 9.32. The van der Waals surface area contributed by atoms with Gasteiger partial charge in [0.05, 0.1) is 10.9 Å². The standard InChI is InChI=1S/C20H26N2O3/c1-14(19-21-17-12-6-5-11-16(17)20(24)22-19)25-18(23)13-7-10-15-8-3-2-4-9-15/h5-6,11-12,14-15H,2-4,7-10,13H2,1H3,(H,21,22,24)/t14-/m1/s1. The summed E-state index contributed by atoms with van der Waals surface area (Å²) in [6, 6.07) is 7.15. The number of carbonyl (C=O) groups is 1. The molecule has 134 valence electrons. The van der Waals surface area contributed by atoms with Gasteiger partial charge in [0.15, 0.2) is 11.9 Å². The molecule has 1 atom stereocenters. The summed E-state index contributed by atoms with van der Waals surface area (Å²) < 4.78 is 5.46. The SMILES string of the molecule is C[C@@H](OC(=O)CCCC1CCCCC1)c1nc2ccccc2c(=O)[nH]1. The Balaban J connectivity index is 1.53. The zero-order valence-corrected chi connectivity index (χ0v) is 14.8. The van der Waals surface area contributed by atoms with Gasteiger partial charge in [0, 0.05) is 6.42 Å². The number of benzene rings is 1. The lowest BCUT2D eigenvalue weighted by Crippen LogP contribution is -2.17. The maximum absolute atomic E-state index is 12.1. The minimum atomic E-state index is -0.556. The van der Waals surface area contributed by atoms with Gasteiger partial charge in [-0.25, -0.2) is 4.98 Å². The summed E-state index contributed by atoms with van der Waals surface area (Å²) in [4.78, 5) is 31.3. The minimum absolute atomic E-state index is 0.208. The monoisotopic (exact) mass is 342 g/mol. The summed E-state index contributed by atoms with van der Waals surface area (Å²) in [5, 5.41) is 0.539. The van der Waals surface area contributed by atoms with E-state index in [1.165, 1.54) is 32.1 Å². The molecule has 3 rings (SSSR count). The fraction of sp³-hybridized carbons (Fsp3) is 0.550. The number of hydrogen-bond donors (Lipinski definition) is 1. The highest BCUT2D eigenvalue weighted by Gasteiger charge is 2.17. The first-order valence-electron chi connectivity index (χ1n) is 9.32. The molecule has 1 N–H and O–H groups in total. The van der Waals surface area contributed by atoms with E-state index in [0.717, 1.165) is 18.8 Å². The number of ether oxygens (including phenoxy) is 1. The van der Waals surface area contributed by atoms with Crippen molar-refractivity contribution >= 4 is 16.9 Å². The Hall–Kier alpha value is -2.17. The number of carbonyl (C=O) groups excluding carboxylic acids is 1. The molecule has 1 fully saturated rings. The lowest BCUT2D eigenvalue weighted by Gasteiger charge is -2.21. The smallest absolute Gasteiger partial charge is 0.306 e. The summed E-state index contributed by atoms with van der Waals surface area (Å²) in [7, 11) is 0. The number of aromatic amines is 1. The Labute approximate surface area is 147 Å². The van der Waals surface area contributed by atoms with Crippen LogP contribution in [0.25, 0.3) is 10.9 Å². The van der Waals surface area contributed by atoms with Crippen LogP contribution in [0, 0.1) is 5.92 Å². The normalized spacial score (nSPS) is 16.7. The second-order valence-corrected chi connectivity index (χ2v) is 7.00. The van der Waals surface area contributed by atoms with Gasteiger partial charge in [-0.05, 0) is 37.8 Å². The van der Waals surface area contributed by atoms with Crippen LogP contribution in [0.1, 0.15) is 70.2 Å². The highest BCUT2D eigenvalue weighted by Crippen LogP contribution is 2.28. The Morgan fingerprint density at radius 1 is 1.28 bits per heavy atom. The average Bonchev–Trinajstić information content (AvgIpc) is 2.62. The van der Waals surface area contributed by atoms with Crippen molar-refractivity contribution in [2.24, 2.45) is 5.92 Å². The lowest BCUT2D eigenvalue weighted by molar-refractivity contribution is -0.149. The first kappa shape index (κ1) is 17.6. The van der Waals surface area contributed by atoms with E-state index in [2.05, 4.69) is 9.97 Å². The predicted molar refractivity (Wildman–Crippen MR) is 97.3 cm³/mol. The highest BCUT2D eigenvalue weighted by molar-refractivity contribution is 5.77. The number of rotatable bonds is 6. The van der Waals surface area contributed by atoms with E-state index < -0.39 is 6.10 Å². The van der Waals surface area contributed by atoms with E-state index in [1.807, 2.05) is 6.07 Å². The Morgan fingerprint density at radius 3 is 2.84 bits per heavy atom. The zero-order chi connectivity index (χ0) is 17.6. The molecule has 25 heavy (non-hydrogen) atoms. The van der Waals surface area contributed by atoms with E-state index in [0.29, 0.717) is 23.1 Å². The second-order valence-electron chi connectivity index (χ2n) is 7.00. The molecule has 5 nitrogen and oxygen atoms in total. The average molecular weight is 342 g/mol. The number of esters is 1. The lowest BCUT2D eigenvalue weighted by atomic mass is 9.86. The second kappa shape index (κ2) is 8.28. The summed E-state index contributed by atoms with van der Waals surface area (Å²) in [6.07, 6.45) is 8.46. The fourth-order valence-corrected chi connectivity index (χ4v) is 3.62. The number of hydrogen-bond acceptors (Lipinski definition) is 4. The van der Waals surface area contributed by atoms with Crippen molar-refractivity contribution in [3.8, 4) is 0 Å². The molecule has 0 spiro atoms. The summed E-state index contributed by atoms with van der Waals surface area (Å²) in [6.45, 7) is 1.74. The van der Waals surface area contributed by atoms with Crippen LogP contribution in [0.3, 0.4) is 0 Å². The van der Waals surface area contributed by atoms with Crippen molar-refractivity contribution in [2.75, 3.05) is 0 Å². The van der Waals surface area contributed by atoms with Crippen LogP contribution in [0.15, 0.2) is 29.1 Å². The molecule has 1 aliphatic carbocycles. The third kappa shape index (κ3) is 4.68. The van der Waals surface area contributed by atoms with Crippen molar-refractivity contribution in [1.29, 1.82) is 0 Å². The van der Waals surface area contributed by atoms with Gasteiger partial charge in [-0.1, -0.05) is 44.2 Å². The number of nitrogens with one attached hydrogen (secondary N) is 1. The summed E-state index contributed by atoms with van der Waals surface area (Å²) >= 11 is 0. The largest absolute Gasteiger partial charge is 0.454 e. The van der Waals surface area contributed by atoms with E-state index in [4.69, 9.17) is 4.74 Å². The van der Waals surface area contributed by atoms with Crippen LogP contribution in [0.5, 0.6) is 0 Å². The zero-order valence-electron chi connectivity index (χ0n) is 14.8. The maximum Gasteiger partial charge on any atom is 0.306 e. The van der Waals surface area contributed by atoms with Crippen molar-refractivity contribution in [2.45, 2.75) is 64.4 Å². The topological polar surface area (TPSA) is 72.0 Å². The van der Waals surface area contributed by atoms with Crippen LogP contribution >= 0.6 is 0 Å². The van der Waals surface area contributed by atoms with Gasteiger partial charge in [0.25, 0.3) is 5.56 Å². The number of fused-ring (bicyclic) bond motifs is 1. The Morgan fingerprint density at radius 2 is 2.04 bits per heavy atom. The number of nitrogens with zero attached hydrogens (tertiary/aromatic N) is 1. The van der Waals surface area contributed by atoms with Crippen LogP contribution in [0.2, 0.25) is 0 Å². The Kier molecular flexibility index (Phi) is 5.84. The minimum Gasteiger partial charge on any atom is -0.454 e. The van der Waals surface area contributed by atoms with E-state index in [-0.39, 0.29) is 11.5 Å². The van der Waals surface area contributed by atoms with Gasteiger partial charge >= 0.3 is 5.97 Å². The molecule has 1 saturated carbocycles. The summed E-state index contributed by atoms with van der Waals surface area (Å²) in [5.74, 6) is 0.945. The highest BCUT2D eigenvalue weighted by atomic mass is 16.5. The molecule has 0 unspecified atom stereocenters. The van der Waals surface area contributed by atoms with E-state index in [1.54, 1.807) is 25.1 Å². The third-order valence-electron chi connectivity index (χ3n) is 5.04. The van der Waals surface area contributed by atoms with Gasteiger partial charge in [-0.15, -0.1) is 0 Å².